The summed E-state index contributed by atoms with van der Waals surface area (Å²) in [5, 5.41) is 13.9. The van der Waals surface area contributed by atoms with Crippen molar-refractivity contribution in [1.29, 1.82) is 5.26 Å². The van der Waals surface area contributed by atoms with Gasteiger partial charge in [-0.1, -0.05) is 6.08 Å². The van der Waals surface area contributed by atoms with E-state index >= 15 is 0 Å². The van der Waals surface area contributed by atoms with Gasteiger partial charge < -0.3 is 4.57 Å². The molecule has 0 saturated carbocycles. The number of aromatic nitrogens is 5. The Morgan fingerprint density at radius 2 is 2.15 bits per heavy atom. The molecule has 4 rings (SSSR count). The average Bonchev–Trinajstić information content (AvgIpc) is 3.22. The van der Waals surface area contributed by atoms with Crippen LogP contribution in [0.2, 0.25) is 0 Å². The Hall–Kier alpha value is -3.27. The molecule has 27 heavy (non-hydrogen) atoms. The van der Waals surface area contributed by atoms with E-state index in [1.807, 2.05) is 24.5 Å². The zero-order valence-electron chi connectivity index (χ0n) is 15.2. The van der Waals surface area contributed by atoms with Crippen molar-refractivity contribution >= 4 is 5.65 Å². The first-order valence-corrected chi connectivity index (χ1v) is 8.94. The maximum absolute atomic E-state index is 13.6. The second kappa shape index (κ2) is 6.80. The van der Waals surface area contributed by atoms with Gasteiger partial charge in [0.15, 0.2) is 11.3 Å². The van der Waals surface area contributed by atoms with E-state index in [-0.39, 0.29) is 17.8 Å². The van der Waals surface area contributed by atoms with Crippen molar-refractivity contribution in [3.8, 4) is 17.5 Å². The molecule has 0 N–H and O–H groups in total. The number of rotatable bonds is 3. The van der Waals surface area contributed by atoms with Gasteiger partial charge in [-0.25, -0.2) is 18.9 Å². The monoisotopic (exact) mass is 362 g/mol. The fourth-order valence-electron chi connectivity index (χ4n) is 3.38. The number of fused-ring (bicyclic) bond motifs is 1. The fourth-order valence-corrected chi connectivity index (χ4v) is 3.38. The number of hydrogen-bond donors (Lipinski definition) is 0. The van der Waals surface area contributed by atoms with Crippen molar-refractivity contribution in [1.82, 2.24) is 24.1 Å². The topological polar surface area (TPSA) is 71.8 Å². The molecule has 3 aromatic heterocycles. The lowest BCUT2D eigenvalue weighted by Gasteiger charge is -2.16. The third-order valence-electron chi connectivity index (χ3n) is 4.75. The first-order valence-electron chi connectivity index (χ1n) is 8.94. The molecule has 0 aromatic carbocycles. The van der Waals surface area contributed by atoms with Crippen molar-refractivity contribution < 1.29 is 4.39 Å². The largest absolute Gasteiger partial charge is 0.326 e. The smallest absolute Gasteiger partial charge is 0.162 e. The number of allylic oxidation sites excluding steroid dienone is 4. The van der Waals surface area contributed by atoms with E-state index in [0.29, 0.717) is 23.5 Å². The van der Waals surface area contributed by atoms with Crippen LogP contribution in [0, 0.1) is 11.3 Å². The lowest BCUT2D eigenvalue weighted by molar-refractivity contribution is 0.602. The summed E-state index contributed by atoms with van der Waals surface area (Å²) in [4.78, 5) is 8.85. The summed E-state index contributed by atoms with van der Waals surface area (Å²) in [5.41, 5.74) is 3.47. The van der Waals surface area contributed by atoms with E-state index in [1.54, 1.807) is 10.6 Å². The number of nitriles is 1. The SMILES string of the molecule is CC(C)n1cnc(C2C=CC(F)=CCC2)c1-c1ccc2ncc(C#N)n2n1. The lowest BCUT2D eigenvalue weighted by Crippen LogP contribution is -2.07. The second-order valence-corrected chi connectivity index (χ2v) is 6.86. The highest BCUT2D eigenvalue weighted by Crippen LogP contribution is 2.34. The van der Waals surface area contributed by atoms with E-state index in [9.17, 15) is 9.65 Å². The van der Waals surface area contributed by atoms with E-state index in [1.165, 1.54) is 12.3 Å². The standard InChI is InChI=1S/C20H19FN6/c1-13(2)26-12-24-19(14-4-3-5-15(21)7-6-14)20(26)17-8-9-18-23-11-16(10-22)27(18)25-17/h5-9,11-14H,3-4H2,1-2H3. The Kier molecular flexibility index (Phi) is 4.32. The van der Waals surface area contributed by atoms with Crippen LogP contribution in [-0.4, -0.2) is 24.1 Å². The summed E-state index contributed by atoms with van der Waals surface area (Å²) in [6.45, 7) is 4.16. The van der Waals surface area contributed by atoms with Crippen LogP contribution in [0.5, 0.6) is 0 Å². The molecule has 1 aliphatic rings. The Balaban J connectivity index is 1.88. The van der Waals surface area contributed by atoms with Crippen LogP contribution in [-0.2, 0) is 0 Å². The number of hydrogen-bond acceptors (Lipinski definition) is 4. The number of imidazole rings is 2. The molecule has 7 heteroatoms. The van der Waals surface area contributed by atoms with Crippen LogP contribution >= 0.6 is 0 Å². The van der Waals surface area contributed by atoms with Gasteiger partial charge in [0.2, 0.25) is 0 Å². The number of halogens is 1. The van der Waals surface area contributed by atoms with Crippen molar-refractivity contribution in [2.24, 2.45) is 0 Å². The predicted octanol–water partition coefficient (Wildman–Crippen LogP) is 4.33. The molecule has 0 amide bonds. The summed E-state index contributed by atoms with van der Waals surface area (Å²) in [7, 11) is 0. The highest BCUT2D eigenvalue weighted by atomic mass is 19.1. The molecule has 3 heterocycles. The molecule has 0 saturated heterocycles. The summed E-state index contributed by atoms with van der Waals surface area (Å²) < 4.78 is 17.2. The van der Waals surface area contributed by atoms with Crippen molar-refractivity contribution in [3.05, 3.63) is 60.1 Å². The third-order valence-corrected chi connectivity index (χ3v) is 4.75. The van der Waals surface area contributed by atoms with Crippen molar-refractivity contribution in [3.63, 3.8) is 0 Å². The van der Waals surface area contributed by atoms with Gasteiger partial charge in [0, 0.05) is 12.0 Å². The highest BCUT2D eigenvalue weighted by Gasteiger charge is 2.23. The van der Waals surface area contributed by atoms with Crippen LogP contribution in [0.4, 0.5) is 4.39 Å². The van der Waals surface area contributed by atoms with Gasteiger partial charge in [-0.15, -0.1) is 0 Å². The molecule has 6 nitrogen and oxygen atoms in total. The fraction of sp³-hybridized carbons (Fsp3) is 0.300. The molecule has 0 bridgehead atoms. The molecule has 136 valence electrons. The zero-order valence-corrected chi connectivity index (χ0v) is 15.2. The highest BCUT2D eigenvalue weighted by molar-refractivity contribution is 5.61. The van der Waals surface area contributed by atoms with Gasteiger partial charge in [0.1, 0.15) is 17.6 Å². The number of nitrogens with zero attached hydrogens (tertiary/aromatic N) is 6. The maximum Gasteiger partial charge on any atom is 0.162 e. The average molecular weight is 362 g/mol. The van der Waals surface area contributed by atoms with Crippen LogP contribution < -0.4 is 0 Å². The molecule has 1 unspecified atom stereocenters. The molecule has 3 aromatic rings. The summed E-state index contributed by atoms with van der Waals surface area (Å²) in [5.74, 6) is -0.209. The minimum absolute atomic E-state index is 0.000205. The van der Waals surface area contributed by atoms with E-state index in [4.69, 9.17) is 0 Å². The van der Waals surface area contributed by atoms with Crippen LogP contribution in [0.25, 0.3) is 17.0 Å². The van der Waals surface area contributed by atoms with Crippen LogP contribution in [0.1, 0.15) is 50.0 Å². The Morgan fingerprint density at radius 1 is 1.30 bits per heavy atom. The van der Waals surface area contributed by atoms with Gasteiger partial charge in [-0.05, 0) is 51.0 Å². The molecular weight excluding hydrogens is 343 g/mol. The maximum atomic E-state index is 13.6. The van der Waals surface area contributed by atoms with Crippen molar-refractivity contribution in [2.75, 3.05) is 0 Å². The normalized spacial score (nSPS) is 17.1. The van der Waals surface area contributed by atoms with Crippen LogP contribution in [0.3, 0.4) is 0 Å². The Labute approximate surface area is 156 Å². The molecule has 0 fully saturated rings. The quantitative estimate of drug-likeness (QED) is 0.695. The second-order valence-electron chi connectivity index (χ2n) is 6.86. The summed E-state index contributed by atoms with van der Waals surface area (Å²) in [6.07, 6.45) is 9.73. The van der Waals surface area contributed by atoms with Gasteiger partial charge in [-0.2, -0.15) is 10.4 Å². The summed E-state index contributed by atoms with van der Waals surface area (Å²) >= 11 is 0. The first kappa shape index (κ1) is 17.2. The Bertz CT molecular complexity index is 1100. The van der Waals surface area contributed by atoms with Gasteiger partial charge in [-0.3, -0.25) is 0 Å². The minimum Gasteiger partial charge on any atom is -0.326 e. The zero-order chi connectivity index (χ0) is 19.0. The molecule has 1 atom stereocenters. The van der Waals surface area contributed by atoms with Crippen molar-refractivity contribution in [2.45, 2.75) is 38.6 Å². The molecule has 0 radical (unpaired) electrons. The molecule has 0 aliphatic heterocycles. The molecule has 0 spiro atoms. The third kappa shape index (κ3) is 3.04. The van der Waals surface area contributed by atoms with Gasteiger partial charge >= 0.3 is 0 Å². The minimum atomic E-state index is -0.209. The van der Waals surface area contributed by atoms with E-state index in [0.717, 1.165) is 17.8 Å². The molecular formula is C20H19FN6. The summed E-state index contributed by atoms with van der Waals surface area (Å²) in [6, 6.07) is 6.02. The van der Waals surface area contributed by atoms with E-state index in [2.05, 4.69) is 39.6 Å². The lowest BCUT2D eigenvalue weighted by atomic mass is 9.97. The predicted molar refractivity (Wildman–Crippen MR) is 99.6 cm³/mol. The van der Waals surface area contributed by atoms with Crippen LogP contribution in [0.15, 0.2) is 48.7 Å². The van der Waals surface area contributed by atoms with Gasteiger partial charge in [0.05, 0.1) is 23.9 Å². The molecule has 1 aliphatic carbocycles. The van der Waals surface area contributed by atoms with Gasteiger partial charge in [0.25, 0.3) is 0 Å². The first-order chi connectivity index (χ1) is 13.1. The Morgan fingerprint density at radius 3 is 2.93 bits per heavy atom. The van der Waals surface area contributed by atoms with E-state index < -0.39 is 0 Å².